The van der Waals surface area contributed by atoms with Crippen LogP contribution < -0.4 is 10.5 Å². The Hall–Kier alpha value is -2.08. The Kier molecular flexibility index (Phi) is 4.47. The number of likely N-dealkylation sites (tertiary alicyclic amines) is 1. The van der Waals surface area contributed by atoms with E-state index < -0.39 is 11.5 Å². The van der Waals surface area contributed by atoms with Crippen molar-refractivity contribution in [2.45, 2.75) is 25.4 Å². The van der Waals surface area contributed by atoms with Gasteiger partial charge in [0.15, 0.2) is 5.60 Å². The van der Waals surface area contributed by atoms with Crippen LogP contribution in [0.25, 0.3) is 0 Å². The van der Waals surface area contributed by atoms with Crippen LogP contribution in [-0.4, -0.2) is 47.1 Å². The summed E-state index contributed by atoms with van der Waals surface area (Å²) in [4.78, 5) is 25.2. The molecule has 0 spiro atoms. The molecule has 1 aliphatic rings. The van der Waals surface area contributed by atoms with Crippen LogP contribution in [0.1, 0.15) is 30.1 Å². The normalized spacial score (nSPS) is 21.9. The predicted molar refractivity (Wildman–Crippen MR) is 76.9 cm³/mol. The monoisotopic (exact) mass is 292 g/mol. The van der Waals surface area contributed by atoms with Crippen LogP contribution >= 0.6 is 0 Å². The molecule has 21 heavy (non-hydrogen) atoms. The maximum atomic E-state index is 12.4. The molecule has 1 atom stereocenters. The molecule has 2 amide bonds. The number of β-amino-alcohol motifs (C(OH)–C–C–N with tert-alkyl or cyclic N) is 1. The molecule has 6 heteroatoms. The van der Waals surface area contributed by atoms with Crippen LogP contribution in [0.3, 0.4) is 0 Å². The molecule has 0 unspecified atom stereocenters. The summed E-state index contributed by atoms with van der Waals surface area (Å²) in [5, 5.41) is 10.1. The molecule has 2 rings (SSSR count). The molecular weight excluding hydrogens is 272 g/mol. The number of carbonyl (C=O) groups is 2. The lowest BCUT2D eigenvalue weighted by atomic mass is 9.92. The Bertz CT molecular complexity index is 529. The molecule has 1 heterocycles. The minimum Gasteiger partial charge on any atom is -0.494 e. The number of hydrogen-bond donors (Lipinski definition) is 2. The molecule has 0 bridgehead atoms. The maximum absolute atomic E-state index is 12.4. The zero-order chi connectivity index (χ0) is 15.5. The van der Waals surface area contributed by atoms with Crippen LogP contribution in [0.4, 0.5) is 0 Å². The summed E-state index contributed by atoms with van der Waals surface area (Å²) in [6.45, 7) is 2.89. The van der Waals surface area contributed by atoms with Gasteiger partial charge in [-0.3, -0.25) is 9.59 Å². The summed E-state index contributed by atoms with van der Waals surface area (Å²) < 4.78 is 5.32. The van der Waals surface area contributed by atoms with Crippen molar-refractivity contribution in [2.24, 2.45) is 5.73 Å². The highest BCUT2D eigenvalue weighted by Crippen LogP contribution is 2.23. The van der Waals surface area contributed by atoms with Gasteiger partial charge in [0.25, 0.3) is 11.8 Å². The fourth-order valence-corrected chi connectivity index (χ4v) is 2.45. The van der Waals surface area contributed by atoms with Gasteiger partial charge in [0.1, 0.15) is 5.75 Å². The molecule has 3 N–H and O–H groups in total. The molecule has 6 nitrogen and oxygen atoms in total. The highest BCUT2D eigenvalue weighted by atomic mass is 16.5. The highest BCUT2D eigenvalue weighted by Gasteiger charge is 2.40. The van der Waals surface area contributed by atoms with Gasteiger partial charge >= 0.3 is 0 Å². The second kappa shape index (κ2) is 6.13. The van der Waals surface area contributed by atoms with Crippen molar-refractivity contribution in [1.29, 1.82) is 0 Å². The average molecular weight is 292 g/mol. The molecule has 1 aromatic rings. The van der Waals surface area contributed by atoms with E-state index in [9.17, 15) is 14.7 Å². The Morgan fingerprint density at radius 3 is 2.62 bits per heavy atom. The molecule has 114 valence electrons. The largest absolute Gasteiger partial charge is 0.494 e. The number of benzene rings is 1. The second-order valence-electron chi connectivity index (χ2n) is 5.18. The SMILES string of the molecule is CCOc1ccc(C(=O)N2CCC[C@](O)(C(N)=O)C2)cc1. The van der Waals surface area contributed by atoms with E-state index in [1.54, 1.807) is 24.3 Å². The number of aliphatic hydroxyl groups is 1. The quantitative estimate of drug-likeness (QED) is 0.847. The Morgan fingerprint density at radius 2 is 2.05 bits per heavy atom. The lowest BCUT2D eigenvalue weighted by Crippen LogP contribution is -2.57. The van der Waals surface area contributed by atoms with E-state index in [2.05, 4.69) is 0 Å². The van der Waals surface area contributed by atoms with Gasteiger partial charge in [0.05, 0.1) is 13.2 Å². The lowest BCUT2D eigenvalue weighted by molar-refractivity contribution is -0.140. The molecule has 1 aliphatic heterocycles. The zero-order valence-corrected chi connectivity index (χ0v) is 12.0. The number of hydrogen-bond acceptors (Lipinski definition) is 4. The molecule has 1 saturated heterocycles. The lowest BCUT2D eigenvalue weighted by Gasteiger charge is -2.37. The highest BCUT2D eigenvalue weighted by molar-refractivity contribution is 5.95. The number of rotatable bonds is 4. The smallest absolute Gasteiger partial charge is 0.253 e. The van der Waals surface area contributed by atoms with E-state index in [0.717, 1.165) is 0 Å². The fraction of sp³-hybridized carbons (Fsp3) is 0.467. The first kappa shape index (κ1) is 15.3. The van der Waals surface area contributed by atoms with Crippen molar-refractivity contribution in [3.05, 3.63) is 29.8 Å². The van der Waals surface area contributed by atoms with Gasteiger partial charge in [-0.25, -0.2) is 0 Å². The number of carbonyl (C=O) groups excluding carboxylic acids is 2. The third-order valence-corrected chi connectivity index (χ3v) is 3.63. The summed E-state index contributed by atoms with van der Waals surface area (Å²) in [7, 11) is 0. The average Bonchev–Trinajstić information content (AvgIpc) is 2.47. The standard InChI is InChI=1S/C15H20N2O4/c1-2-21-12-6-4-11(5-7-12)13(18)17-9-3-8-15(20,10-17)14(16)19/h4-7,20H,2-3,8-10H2,1H3,(H2,16,19)/t15-/m1/s1. The van der Waals surface area contributed by atoms with Crippen molar-refractivity contribution >= 4 is 11.8 Å². The number of piperidine rings is 1. The van der Waals surface area contributed by atoms with Crippen LogP contribution in [0.5, 0.6) is 5.75 Å². The van der Waals surface area contributed by atoms with Gasteiger partial charge in [0, 0.05) is 12.1 Å². The summed E-state index contributed by atoms with van der Waals surface area (Å²) >= 11 is 0. The minimum absolute atomic E-state index is 0.0611. The minimum atomic E-state index is -1.63. The van der Waals surface area contributed by atoms with Gasteiger partial charge in [-0.15, -0.1) is 0 Å². The van der Waals surface area contributed by atoms with E-state index in [0.29, 0.717) is 30.9 Å². The van der Waals surface area contributed by atoms with Gasteiger partial charge in [-0.2, -0.15) is 0 Å². The van der Waals surface area contributed by atoms with Gasteiger partial charge < -0.3 is 20.5 Å². The van der Waals surface area contributed by atoms with E-state index in [4.69, 9.17) is 10.5 Å². The number of primary amides is 1. The molecule has 0 saturated carbocycles. The topological polar surface area (TPSA) is 92.9 Å². The van der Waals surface area contributed by atoms with E-state index in [-0.39, 0.29) is 18.9 Å². The van der Waals surface area contributed by atoms with Gasteiger partial charge in [0.2, 0.25) is 0 Å². The third kappa shape index (κ3) is 3.33. The molecule has 1 fully saturated rings. The molecule has 0 aliphatic carbocycles. The summed E-state index contributed by atoms with van der Waals surface area (Å²) in [5.74, 6) is -0.314. The fourth-order valence-electron chi connectivity index (χ4n) is 2.45. The molecule has 0 aromatic heterocycles. The van der Waals surface area contributed by atoms with Crippen molar-refractivity contribution in [3.63, 3.8) is 0 Å². The van der Waals surface area contributed by atoms with Crippen LogP contribution in [-0.2, 0) is 4.79 Å². The van der Waals surface area contributed by atoms with Crippen molar-refractivity contribution < 1.29 is 19.4 Å². The Labute approximate surface area is 123 Å². The summed E-state index contributed by atoms with van der Waals surface area (Å²) in [5.41, 5.74) is 4.08. The number of nitrogens with two attached hydrogens (primary N) is 1. The van der Waals surface area contributed by atoms with Crippen LogP contribution in [0.2, 0.25) is 0 Å². The first-order valence-electron chi connectivity index (χ1n) is 7.00. The van der Waals surface area contributed by atoms with E-state index >= 15 is 0 Å². The molecule has 0 radical (unpaired) electrons. The maximum Gasteiger partial charge on any atom is 0.253 e. The summed E-state index contributed by atoms with van der Waals surface area (Å²) in [6, 6.07) is 6.79. The zero-order valence-electron chi connectivity index (χ0n) is 12.0. The molecule has 1 aromatic carbocycles. The predicted octanol–water partition coefficient (Wildman–Crippen LogP) is 0.538. The first-order valence-corrected chi connectivity index (χ1v) is 7.00. The van der Waals surface area contributed by atoms with Crippen molar-refractivity contribution in [3.8, 4) is 5.75 Å². The Morgan fingerprint density at radius 1 is 1.38 bits per heavy atom. The van der Waals surface area contributed by atoms with Crippen LogP contribution in [0.15, 0.2) is 24.3 Å². The Balaban J connectivity index is 2.10. The number of amides is 2. The summed E-state index contributed by atoms with van der Waals surface area (Å²) in [6.07, 6.45) is 0.831. The van der Waals surface area contributed by atoms with E-state index in [1.165, 1.54) is 4.90 Å². The van der Waals surface area contributed by atoms with Gasteiger partial charge in [-0.1, -0.05) is 0 Å². The van der Waals surface area contributed by atoms with Gasteiger partial charge in [-0.05, 0) is 44.0 Å². The van der Waals surface area contributed by atoms with Crippen molar-refractivity contribution in [2.75, 3.05) is 19.7 Å². The van der Waals surface area contributed by atoms with E-state index in [1.807, 2.05) is 6.92 Å². The number of nitrogens with zero attached hydrogens (tertiary/aromatic N) is 1. The van der Waals surface area contributed by atoms with Crippen molar-refractivity contribution in [1.82, 2.24) is 4.90 Å². The van der Waals surface area contributed by atoms with Crippen LogP contribution in [0, 0.1) is 0 Å². The molecular formula is C15H20N2O4. The first-order chi connectivity index (χ1) is 9.96. The second-order valence-corrected chi connectivity index (χ2v) is 5.18. The number of ether oxygens (including phenoxy) is 1. The third-order valence-electron chi connectivity index (χ3n) is 3.63.